The van der Waals surface area contributed by atoms with Gasteiger partial charge in [-0.05, 0) is 24.3 Å². The summed E-state index contributed by atoms with van der Waals surface area (Å²) in [6.45, 7) is 0. The molecule has 0 aliphatic heterocycles. The second kappa shape index (κ2) is 6.64. The lowest BCUT2D eigenvalue weighted by molar-refractivity contribution is 0.419. The maximum absolute atomic E-state index is 12.4. The van der Waals surface area contributed by atoms with Crippen molar-refractivity contribution in [1.82, 2.24) is 19.7 Å². The second-order valence-electron chi connectivity index (χ2n) is 5.60. The molecule has 4 aromatic rings. The third kappa shape index (κ3) is 2.95. The first kappa shape index (κ1) is 16.3. The van der Waals surface area contributed by atoms with Crippen LogP contribution in [-0.2, 0) is 12.8 Å². The smallest absolute Gasteiger partial charge is 0.261 e. The maximum atomic E-state index is 12.4. The minimum absolute atomic E-state index is 0.0777. The molecular formula is C18H14N4O3S. The summed E-state index contributed by atoms with van der Waals surface area (Å²) in [7, 11) is 1.69. The van der Waals surface area contributed by atoms with Gasteiger partial charge in [0.25, 0.3) is 11.4 Å². The Morgan fingerprint density at radius 3 is 2.73 bits per heavy atom. The van der Waals surface area contributed by atoms with Crippen molar-refractivity contribution in [2.75, 3.05) is 0 Å². The van der Waals surface area contributed by atoms with Crippen LogP contribution < -0.4 is 5.56 Å². The van der Waals surface area contributed by atoms with Crippen molar-refractivity contribution in [3.05, 3.63) is 64.7 Å². The van der Waals surface area contributed by atoms with Crippen LogP contribution in [0.15, 0.2) is 63.0 Å². The molecular weight excluding hydrogens is 352 g/mol. The van der Waals surface area contributed by atoms with E-state index in [0.29, 0.717) is 33.2 Å². The Balaban J connectivity index is 1.59. The molecule has 0 atom stereocenters. The van der Waals surface area contributed by atoms with Gasteiger partial charge in [-0.25, -0.2) is 4.98 Å². The van der Waals surface area contributed by atoms with Gasteiger partial charge in [-0.2, -0.15) is 4.98 Å². The summed E-state index contributed by atoms with van der Waals surface area (Å²) in [6.07, 6.45) is 0. The van der Waals surface area contributed by atoms with Crippen molar-refractivity contribution >= 4 is 22.7 Å². The predicted octanol–water partition coefficient (Wildman–Crippen LogP) is 2.98. The molecule has 2 aromatic heterocycles. The first-order chi connectivity index (χ1) is 12.6. The summed E-state index contributed by atoms with van der Waals surface area (Å²) in [5, 5.41) is 15.0. The molecule has 2 heterocycles. The molecule has 0 saturated heterocycles. The first-order valence-corrected chi connectivity index (χ1v) is 8.81. The lowest BCUT2D eigenvalue weighted by Gasteiger charge is -2.07. The third-order valence-electron chi connectivity index (χ3n) is 3.88. The largest absolute Gasteiger partial charge is 0.507 e. The Hall–Kier alpha value is -3.13. The van der Waals surface area contributed by atoms with Crippen LogP contribution in [0.1, 0.15) is 5.82 Å². The summed E-state index contributed by atoms with van der Waals surface area (Å²) in [6, 6.07) is 14.0. The first-order valence-electron chi connectivity index (χ1n) is 7.83. The van der Waals surface area contributed by atoms with Gasteiger partial charge in [-0.15, -0.1) is 0 Å². The molecule has 0 fully saturated rings. The fourth-order valence-electron chi connectivity index (χ4n) is 2.53. The Morgan fingerprint density at radius 2 is 1.88 bits per heavy atom. The van der Waals surface area contributed by atoms with Crippen LogP contribution in [0.25, 0.3) is 22.4 Å². The van der Waals surface area contributed by atoms with E-state index in [9.17, 15) is 9.90 Å². The van der Waals surface area contributed by atoms with E-state index in [1.807, 2.05) is 18.2 Å². The zero-order chi connectivity index (χ0) is 18.1. The highest BCUT2D eigenvalue weighted by Crippen LogP contribution is 2.28. The molecule has 0 spiro atoms. The number of thioether (sulfide) groups is 1. The van der Waals surface area contributed by atoms with Crippen molar-refractivity contribution in [3.63, 3.8) is 0 Å². The average molecular weight is 366 g/mol. The van der Waals surface area contributed by atoms with Crippen LogP contribution in [0.2, 0.25) is 0 Å². The summed E-state index contributed by atoms with van der Waals surface area (Å²) >= 11 is 1.35. The molecule has 0 aliphatic carbocycles. The highest BCUT2D eigenvalue weighted by molar-refractivity contribution is 7.98. The van der Waals surface area contributed by atoms with E-state index in [0.717, 1.165) is 0 Å². The minimum Gasteiger partial charge on any atom is -0.507 e. The molecule has 7 nitrogen and oxygen atoms in total. The molecule has 26 heavy (non-hydrogen) atoms. The van der Waals surface area contributed by atoms with E-state index >= 15 is 0 Å². The van der Waals surface area contributed by atoms with E-state index < -0.39 is 0 Å². The van der Waals surface area contributed by atoms with Crippen LogP contribution in [0.3, 0.4) is 0 Å². The fourth-order valence-corrected chi connectivity index (χ4v) is 3.35. The number of phenolic OH excluding ortho intramolecular Hbond substituents is 1. The quantitative estimate of drug-likeness (QED) is 0.438. The second-order valence-corrected chi connectivity index (χ2v) is 6.54. The molecule has 1 N–H and O–H groups in total. The number of aromatic hydroxyl groups is 1. The van der Waals surface area contributed by atoms with Crippen LogP contribution >= 0.6 is 11.8 Å². The van der Waals surface area contributed by atoms with Crippen molar-refractivity contribution in [2.24, 2.45) is 7.05 Å². The van der Waals surface area contributed by atoms with E-state index in [-0.39, 0.29) is 17.2 Å². The molecule has 0 amide bonds. The van der Waals surface area contributed by atoms with Gasteiger partial charge < -0.3 is 9.63 Å². The van der Waals surface area contributed by atoms with Crippen molar-refractivity contribution in [2.45, 2.75) is 10.9 Å². The lowest BCUT2D eigenvalue weighted by atomic mass is 10.2. The molecule has 0 aliphatic rings. The normalized spacial score (nSPS) is 11.1. The maximum Gasteiger partial charge on any atom is 0.261 e. The molecule has 4 rings (SSSR count). The number of aromatic nitrogens is 4. The molecule has 0 radical (unpaired) electrons. The number of rotatable bonds is 4. The summed E-state index contributed by atoms with van der Waals surface area (Å²) < 4.78 is 6.73. The summed E-state index contributed by atoms with van der Waals surface area (Å²) in [5.41, 5.74) is 1.04. The third-order valence-corrected chi connectivity index (χ3v) is 4.90. The van der Waals surface area contributed by atoms with Gasteiger partial charge in [0.15, 0.2) is 11.0 Å². The number of hydrogen-bond acceptors (Lipinski definition) is 7. The Morgan fingerprint density at radius 1 is 1.12 bits per heavy atom. The molecule has 130 valence electrons. The summed E-state index contributed by atoms with van der Waals surface area (Å²) in [4.78, 5) is 21.2. The zero-order valence-corrected chi connectivity index (χ0v) is 14.6. The van der Waals surface area contributed by atoms with Gasteiger partial charge in [0.1, 0.15) is 5.75 Å². The van der Waals surface area contributed by atoms with Gasteiger partial charge >= 0.3 is 0 Å². The van der Waals surface area contributed by atoms with Gasteiger partial charge in [-0.3, -0.25) is 9.36 Å². The molecule has 0 saturated carbocycles. The van der Waals surface area contributed by atoms with Gasteiger partial charge in [0, 0.05) is 7.05 Å². The number of hydrogen-bond donors (Lipinski definition) is 1. The van der Waals surface area contributed by atoms with Crippen LogP contribution in [0, 0.1) is 0 Å². The zero-order valence-electron chi connectivity index (χ0n) is 13.8. The standard InChI is InChI=1S/C18H14N4O3S/c1-22-17(24)11-6-2-4-8-13(11)19-18(22)26-10-15-20-16(25-21-15)12-7-3-5-9-14(12)23/h2-9,23H,10H2,1H3. The molecule has 8 heteroatoms. The molecule has 2 aromatic carbocycles. The Kier molecular flexibility index (Phi) is 4.18. The van der Waals surface area contributed by atoms with Crippen LogP contribution in [0.4, 0.5) is 0 Å². The van der Waals surface area contributed by atoms with Gasteiger partial charge in [-0.1, -0.05) is 41.2 Å². The SMILES string of the molecule is Cn1c(SCc2noc(-c3ccccc3O)n2)nc2ccccc2c1=O. The fraction of sp³-hybridized carbons (Fsp3) is 0.111. The van der Waals surface area contributed by atoms with Crippen molar-refractivity contribution in [3.8, 4) is 17.2 Å². The number of nitrogens with zero attached hydrogens (tertiary/aromatic N) is 4. The van der Waals surface area contributed by atoms with Crippen molar-refractivity contribution < 1.29 is 9.63 Å². The van der Waals surface area contributed by atoms with Crippen molar-refractivity contribution in [1.29, 1.82) is 0 Å². The average Bonchev–Trinajstić information content (AvgIpc) is 3.13. The highest BCUT2D eigenvalue weighted by atomic mass is 32.2. The topological polar surface area (TPSA) is 94.0 Å². The predicted molar refractivity (Wildman–Crippen MR) is 97.9 cm³/mol. The monoisotopic (exact) mass is 366 g/mol. The number of fused-ring (bicyclic) bond motifs is 1. The molecule has 0 bridgehead atoms. The van der Waals surface area contributed by atoms with Gasteiger partial charge in [0.2, 0.25) is 0 Å². The number of para-hydroxylation sites is 2. The highest BCUT2D eigenvalue weighted by Gasteiger charge is 2.14. The Bertz CT molecular complexity index is 1150. The minimum atomic E-state index is -0.0962. The van der Waals surface area contributed by atoms with E-state index in [1.54, 1.807) is 37.4 Å². The van der Waals surface area contributed by atoms with E-state index in [2.05, 4.69) is 15.1 Å². The summed E-state index contributed by atoms with van der Waals surface area (Å²) in [5.74, 6) is 1.17. The number of benzene rings is 2. The van der Waals surface area contributed by atoms with Gasteiger partial charge in [0.05, 0.1) is 22.2 Å². The van der Waals surface area contributed by atoms with E-state index in [4.69, 9.17) is 4.52 Å². The van der Waals surface area contributed by atoms with E-state index in [1.165, 1.54) is 16.3 Å². The molecule has 0 unspecified atom stereocenters. The lowest BCUT2D eigenvalue weighted by Crippen LogP contribution is -2.19. The Labute approximate surface area is 152 Å². The van der Waals surface area contributed by atoms with Crippen LogP contribution in [-0.4, -0.2) is 24.8 Å². The number of phenols is 1. The van der Waals surface area contributed by atoms with Crippen LogP contribution in [0.5, 0.6) is 5.75 Å².